The molecule has 45 heavy (non-hydrogen) atoms. The molecule has 0 spiro atoms. The number of unbranched alkanes of at least 4 members (excludes halogenated alkanes) is 2. The van der Waals surface area contributed by atoms with Crippen LogP contribution in [0.5, 0.6) is 5.75 Å². The minimum Gasteiger partial charge on any atom is -0.508 e. The number of aromatic hydroxyl groups is 1. The predicted molar refractivity (Wildman–Crippen MR) is 175 cm³/mol. The lowest BCUT2D eigenvalue weighted by molar-refractivity contribution is -0.279. The van der Waals surface area contributed by atoms with Crippen LogP contribution in [0.25, 0.3) is 0 Å². The Kier molecular flexibility index (Phi) is 12.9. The Hall–Kier alpha value is -3.81. The van der Waals surface area contributed by atoms with Gasteiger partial charge in [-0.1, -0.05) is 81.3 Å². The number of esters is 1. The molecule has 7 heteroatoms. The van der Waals surface area contributed by atoms with Gasteiger partial charge in [0.2, 0.25) is 0 Å². The number of ether oxygens (including phenoxy) is 3. The van der Waals surface area contributed by atoms with Crippen LogP contribution in [0.15, 0.2) is 85.2 Å². The zero-order chi connectivity index (χ0) is 32.1. The van der Waals surface area contributed by atoms with Crippen LogP contribution in [-0.2, 0) is 25.4 Å². The van der Waals surface area contributed by atoms with Crippen molar-refractivity contribution in [1.82, 2.24) is 4.98 Å². The molecule has 0 aliphatic carbocycles. The first kappa shape index (κ1) is 34.1. The molecular formula is C38H47NO6. The van der Waals surface area contributed by atoms with Crippen molar-refractivity contribution in [2.45, 2.75) is 84.5 Å². The smallest absolute Gasteiger partial charge is 0.306 e. The number of carbonyl (C=O) groups is 2. The van der Waals surface area contributed by atoms with Crippen LogP contribution in [0.1, 0.15) is 98.9 Å². The predicted octanol–water partition coefficient (Wildman–Crippen LogP) is 8.17. The summed E-state index contributed by atoms with van der Waals surface area (Å²) in [4.78, 5) is 28.3. The molecular weight excluding hydrogens is 566 g/mol. The average molecular weight is 614 g/mol. The topological polar surface area (TPSA) is 95.0 Å². The number of aromatic nitrogens is 1. The first-order chi connectivity index (χ1) is 21.8. The van der Waals surface area contributed by atoms with E-state index in [0.717, 1.165) is 37.7 Å². The van der Waals surface area contributed by atoms with Crippen molar-refractivity contribution in [3.8, 4) is 5.75 Å². The Bertz CT molecular complexity index is 1380. The monoisotopic (exact) mass is 613 g/mol. The second-order valence-electron chi connectivity index (χ2n) is 12.4. The van der Waals surface area contributed by atoms with E-state index in [1.807, 2.05) is 55.5 Å². The molecule has 3 atom stereocenters. The Balaban J connectivity index is 1.26. The summed E-state index contributed by atoms with van der Waals surface area (Å²) in [5.74, 6) is 0.0668. The molecule has 1 aliphatic heterocycles. The number of phenolic OH excluding ortho intramolecular Hbond substituents is 1. The maximum Gasteiger partial charge on any atom is 0.306 e. The van der Waals surface area contributed by atoms with Crippen molar-refractivity contribution >= 4 is 11.8 Å². The van der Waals surface area contributed by atoms with Gasteiger partial charge >= 0.3 is 5.97 Å². The number of nitrogens with zero attached hydrogens (tertiary/aromatic N) is 1. The molecule has 3 aromatic rings. The summed E-state index contributed by atoms with van der Waals surface area (Å²) in [5.41, 5.74) is 3.07. The van der Waals surface area contributed by atoms with E-state index >= 15 is 0 Å². The van der Waals surface area contributed by atoms with E-state index in [1.165, 1.54) is 5.56 Å². The number of pyridine rings is 1. The highest BCUT2D eigenvalue weighted by Gasteiger charge is 2.40. The van der Waals surface area contributed by atoms with Gasteiger partial charge in [-0.2, -0.15) is 0 Å². The van der Waals surface area contributed by atoms with E-state index in [9.17, 15) is 14.7 Å². The quantitative estimate of drug-likeness (QED) is 0.0754. The summed E-state index contributed by atoms with van der Waals surface area (Å²) in [5, 5.41) is 10.7. The van der Waals surface area contributed by atoms with E-state index in [4.69, 9.17) is 14.2 Å². The van der Waals surface area contributed by atoms with Gasteiger partial charge in [0.1, 0.15) is 5.75 Å². The average Bonchev–Trinajstić information content (AvgIpc) is 3.05. The van der Waals surface area contributed by atoms with Crippen molar-refractivity contribution in [3.63, 3.8) is 0 Å². The van der Waals surface area contributed by atoms with Crippen molar-refractivity contribution in [2.75, 3.05) is 13.2 Å². The zero-order valence-corrected chi connectivity index (χ0v) is 26.8. The standard InChI is InChI=1S/C38H47NO6/c1-4-43-34(41)19-9-5-8-15-31-27-44-37(45-36(31)32-17-10-11-18-33(32)40)38(2,3)24-12-6-7-14-28-20-22-29(23-21-28)35(42)30-16-13-25-39-26-30/h5,8,10-11,13,16-18,20-23,25-26,31,36-37,40H,4,6-7,9,12,14-15,19,24,27H2,1-3H3/b8-5-/t31-,36+,37+/m1/s1. The molecule has 1 aliphatic rings. The highest BCUT2D eigenvalue weighted by molar-refractivity contribution is 6.08. The van der Waals surface area contributed by atoms with E-state index in [-0.39, 0.29) is 34.9 Å². The molecule has 1 aromatic heterocycles. The summed E-state index contributed by atoms with van der Waals surface area (Å²) in [6.45, 7) is 7.10. The lowest BCUT2D eigenvalue weighted by atomic mass is 9.84. The molecule has 2 heterocycles. The van der Waals surface area contributed by atoms with Crippen LogP contribution < -0.4 is 0 Å². The lowest BCUT2D eigenvalue weighted by Gasteiger charge is -2.43. The van der Waals surface area contributed by atoms with Gasteiger partial charge in [-0.3, -0.25) is 14.6 Å². The summed E-state index contributed by atoms with van der Waals surface area (Å²) in [7, 11) is 0. The number of rotatable bonds is 16. The minimum atomic E-state index is -0.393. The van der Waals surface area contributed by atoms with Gasteiger partial charge in [0.15, 0.2) is 12.1 Å². The van der Waals surface area contributed by atoms with Gasteiger partial charge in [-0.25, -0.2) is 0 Å². The molecule has 2 aromatic carbocycles. The molecule has 0 unspecified atom stereocenters. The van der Waals surface area contributed by atoms with E-state index in [1.54, 1.807) is 30.6 Å². The number of allylic oxidation sites excluding steroid dienone is 2. The molecule has 240 valence electrons. The van der Waals surface area contributed by atoms with Crippen molar-refractivity contribution in [1.29, 1.82) is 0 Å². The van der Waals surface area contributed by atoms with Crippen molar-refractivity contribution in [2.24, 2.45) is 11.3 Å². The third-order valence-corrected chi connectivity index (χ3v) is 8.39. The Morgan fingerprint density at radius 3 is 2.53 bits per heavy atom. The number of ketones is 1. The van der Waals surface area contributed by atoms with Crippen LogP contribution in [0.4, 0.5) is 0 Å². The minimum absolute atomic E-state index is 0.0115. The number of phenols is 1. The molecule has 7 nitrogen and oxygen atoms in total. The van der Waals surface area contributed by atoms with E-state index in [2.05, 4.69) is 24.9 Å². The number of aryl methyl sites for hydroxylation is 1. The molecule has 1 fully saturated rings. The van der Waals surface area contributed by atoms with Gasteiger partial charge in [0.25, 0.3) is 0 Å². The fourth-order valence-corrected chi connectivity index (χ4v) is 5.75. The summed E-state index contributed by atoms with van der Waals surface area (Å²) < 4.78 is 17.9. The van der Waals surface area contributed by atoms with E-state index < -0.39 is 6.29 Å². The summed E-state index contributed by atoms with van der Waals surface area (Å²) in [6.07, 6.45) is 13.4. The normalized spacial score (nSPS) is 18.6. The van der Waals surface area contributed by atoms with Crippen LogP contribution in [0, 0.1) is 11.3 Å². The summed E-state index contributed by atoms with van der Waals surface area (Å²) in [6, 6.07) is 18.8. The Morgan fingerprint density at radius 2 is 1.80 bits per heavy atom. The second-order valence-corrected chi connectivity index (χ2v) is 12.4. The highest BCUT2D eigenvalue weighted by Crippen LogP contribution is 2.43. The number of hydrogen-bond donors (Lipinski definition) is 1. The fourth-order valence-electron chi connectivity index (χ4n) is 5.75. The van der Waals surface area contributed by atoms with Gasteiger partial charge in [-0.15, -0.1) is 0 Å². The van der Waals surface area contributed by atoms with Crippen LogP contribution in [0.2, 0.25) is 0 Å². The number of benzene rings is 2. The molecule has 0 bridgehead atoms. The largest absolute Gasteiger partial charge is 0.508 e. The third-order valence-electron chi connectivity index (χ3n) is 8.39. The fraction of sp³-hybridized carbons (Fsp3) is 0.447. The summed E-state index contributed by atoms with van der Waals surface area (Å²) >= 11 is 0. The van der Waals surface area contributed by atoms with Crippen LogP contribution >= 0.6 is 0 Å². The number of hydrogen-bond acceptors (Lipinski definition) is 7. The van der Waals surface area contributed by atoms with Gasteiger partial charge in [-0.05, 0) is 62.8 Å². The lowest BCUT2D eigenvalue weighted by Crippen LogP contribution is -2.43. The molecule has 1 saturated heterocycles. The third kappa shape index (κ3) is 10.1. The number of carbonyl (C=O) groups excluding carboxylic acids is 2. The zero-order valence-electron chi connectivity index (χ0n) is 26.8. The van der Waals surface area contributed by atoms with E-state index in [0.29, 0.717) is 43.6 Å². The molecule has 0 saturated carbocycles. The number of para-hydroxylation sites is 1. The maximum absolute atomic E-state index is 12.6. The molecule has 0 amide bonds. The Labute approximate surface area is 267 Å². The van der Waals surface area contributed by atoms with Gasteiger partial charge in [0.05, 0.1) is 19.3 Å². The van der Waals surface area contributed by atoms with Crippen LogP contribution in [-0.4, -0.2) is 41.3 Å². The van der Waals surface area contributed by atoms with Gasteiger partial charge in [0, 0.05) is 46.8 Å². The molecule has 0 radical (unpaired) electrons. The first-order valence-corrected chi connectivity index (χ1v) is 16.2. The maximum atomic E-state index is 12.6. The SMILES string of the molecule is CCOC(=O)CC/C=C\C[C@@H]1CO[C@H](C(C)(C)CCCCCc2ccc(C(=O)c3cccnc3)cc2)O[C@@H]1c1ccccc1O. The first-order valence-electron chi connectivity index (χ1n) is 16.2. The molecule has 4 rings (SSSR count). The molecule has 1 N–H and O–H groups in total. The van der Waals surface area contributed by atoms with Crippen molar-refractivity contribution in [3.05, 3.63) is 107 Å². The van der Waals surface area contributed by atoms with Crippen LogP contribution in [0.3, 0.4) is 0 Å². The van der Waals surface area contributed by atoms with Crippen molar-refractivity contribution < 1.29 is 28.9 Å². The highest BCUT2D eigenvalue weighted by atomic mass is 16.7. The van der Waals surface area contributed by atoms with Gasteiger partial charge < -0.3 is 19.3 Å². The second kappa shape index (κ2) is 17.0. The Morgan fingerprint density at radius 1 is 1.00 bits per heavy atom.